The van der Waals surface area contributed by atoms with Crippen LogP contribution in [0.3, 0.4) is 0 Å². The van der Waals surface area contributed by atoms with Crippen LogP contribution in [0.4, 0.5) is 4.39 Å². The first-order chi connectivity index (χ1) is 10.5. The number of aromatic nitrogens is 3. The van der Waals surface area contributed by atoms with Crippen molar-refractivity contribution >= 4 is 17.6 Å². The third-order valence-electron chi connectivity index (χ3n) is 4.23. The van der Waals surface area contributed by atoms with E-state index in [1.807, 2.05) is 0 Å². The predicted octanol–water partition coefficient (Wildman–Crippen LogP) is 3.38. The number of carbonyl (C=O) groups is 1. The molecule has 7 heteroatoms. The quantitative estimate of drug-likeness (QED) is 0.936. The maximum atomic E-state index is 13.5. The second-order valence-electron chi connectivity index (χ2n) is 5.72. The molecule has 3 rings (SSSR count). The van der Waals surface area contributed by atoms with Crippen LogP contribution in [0.2, 0.25) is 5.02 Å². The van der Waals surface area contributed by atoms with Gasteiger partial charge in [-0.25, -0.2) is 4.39 Å². The van der Waals surface area contributed by atoms with E-state index in [9.17, 15) is 14.3 Å². The molecule has 1 saturated carbocycles. The van der Waals surface area contributed by atoms with Crippen molar-refractivity contribution in [1.82, 2.24) is 15.0 Å². The molecule has 2 aromatic rings. The van der Waals surface area contributed by atoms with Gasteiger partial charge in [0, 0.05) is 5.56 Å². The normalized spacial score (nSPS) is 16.8. The van der Waals surface area contributed by atoms with Crippen molar-refractivity contribution in [3.8, 4) is 11.3 Å². The number of hydrogen-bond donors (Lipinski definition) is 1. The number of hydrogen-bond acceptors (Lipinski definition) is 3. The molecule has 0 atom stereocenters. The SMILES string of the molecule is O=C(O)C1(Cn2cc(-c3ccc(Cl)c(F)c3)nn2)CCCC1. The molecule has 1 heterocycles. The third-order valence-corrected chi connectivity index (χ3v) is 4.54. The summed E-state index contributed by atoms with van der Waals surface area (Å²) in [7, 11) is 0. The number of aliphatic carboxylic acids is 1. The molecule has 0 amide bonds. The number of halogens is 2. The summed E-state index contributed by atoms with van der Waals surface area (Å²) in [6.07, 6.45) is 4.76. The standard InChI is InChI=1S/C15H15ClFN3O2/c16-11-4-3-10(7-12(11)17)13-8-20(19-18-13)9-15(14(21)22)5-1-2-6-15/h3-4,7-8H,1-2,5-6,9H2,(H,21,22). The molecule has 1 aliphatic rings. The molecule has 1 aromatic heterocycles. The zero-order chi connectivity index (χ0) is 15.7. The number of nitrogens with zero attached hydrogens (tertiary/aromatic N) is 3. The first-order valence-corrected chi connectivity index (χ1v) is 7.47. The smallest absolute Gasteiger partial charge is 0.311 e. The van der Waals surface area contributed by atoms with E-state index in [-0.39, 0.29) is 11.6 Å². The van der Waals surface area contributed by atoms with Gasteiger partial charge in [0.05, 0.1) is 23.2 Å². The molecule has 1 aliphatic carbocycles. The van der Waals surface area contributed by atoms with Crippen LogP contribution in [0.1, 0.15) is 25.7 Å². The molecule has 22 heavy (non-hydrogen) atoms. The van der Waals surface area contributed by atoms with E-state index in [0.717, 1.165) is 12.8 Å². The molecule has 0 spiro atoms. The van der Waals surface area contributed by atoms with Crippen LogP contribution < -0.4 is 0 Å². The van der Waals surface area contributed by atoms with Gasteiger partial charge >= 0.3 is 5.97 Å². The predicted molar refractivity (Wildman–Crippen MR) is 79.0 cm³/mol. The van der Waals surface area contributed by atoms with Gasteiger partial charge in [0.2, 0.25) is 0 Å². The Balaban J connectivity index is 1.84. The number of carboxylic acid groups (broad SMARTS) is 1. The average Bonchev–Trinajstić information content (AvgIpc) is 3.12. The van der Waals surface area contributed by atoms with Crippen molar-refractivity contribution in [3.05, 3.63) is 35.2 Å². The summed E-state index contributed by atoms with van der Waals surface area (Å²) >= 11 is 5.66. The lowest BCUT2D eigenvalue weighted by atomic mass is 9.86. The van der Waals surface area contributed by atoms with Gasteiger partial charge in [0.15, 0.2) is 0 Å². The number of benzene rings is 1. The van der Waals surface area contributed by atoms with Crippen LogP contribution in [0.5, 0.6) is 0 Å². The summed E-state index contributed by atoms with van der Waals surface area (Å²) in [5.41, 5.74) is 0.286. The fourth-order valence-electron chi connectivity index (χ4n) is 2.96. The van der Waals surface area contributed by atoms with Crippen molar-refractivity contribution < 1.29 is 14.3 Å². The van der Waals surface area contributed by atoms with E-state index in [2.05, 4.69) is 10.3 Å². The van der Waals surface area contributed by atoms with Gasteiger partial charge in [-0.15, -0.1) is 5.10 Å². The minimum absolute atomic E-state index is 0.0481. The zero-order valence-electron chi connectivity index (χ0n) is 11.8. The van der Waals surface area contributed by atoms with Gasteiger partial charge in [-0.1, -0.05) is 35.7 Å². The second kappa shape index (κ2) is 5.68. The summed E-state index contributed by atoms with van der Waals surface area (Å²) in [4.78, 5) is 11.6. The van der Waals surface area contributed by atoms with Crippen LogP contribution in [0, 0.1) is 11.2 Å². The number of rotatable bonds is 4. The topological polar surface area (TPSA) is 68.0 Å². The first-order valence-electron chi connectivity index (χ1n) is 7.09. The maximum absolute atomic E-state index is 13.5. The van der Waals surface area contributed by atoms with Crippen LogP contribution in [0.15, 0.2) is 24.4 Å². The molecule has 0 bridgehead atoms. The highest BCUT2D eigenvalue weighted by Gasteiger charge is 2.42. The Morgan fingerprint density at radius 2 is 2.14 bits per heavy atom. The molecule has 1 aromatic carbocycles. The lowest BCUT2D eigenvalue weighted by molar-refractivity contribution is -0.149. The van der Waals surface area contributed by atoms with E-state index >= 15 is 0 Å². The summed E-state index contributed by atoms with van der Waals surface area (Å²) in [6, 6.07) is 4.41. The van der Waals surface area contributed by atoms with Gasteiger partial charge in [-0.2, -0.15) is 0 Å². The van der Waals surface area contributed by atoms with E-state index in [0.29, 0.717) is 24.1 Å². The number of carboxylic acids is 1. The highest BCUT2D eigenvalue weighted by atomic mass is 35.5. The summed E-state index contributed by atoms with van der Waals surface area (Å²) in [5, 5.41) is 17.5. The van der Waals surface area contributed by atoms with Crippen LogP contribution >= 0.6 is 11.6 Å². The Morgan fingerprint density at radius 3 is 2.77 bits per heavy atom. The lowest BCUT2D eigenvalue weighted by Crippen LogP contribution is -2.33. The van der Waals surface area contributed by atoms with Crippen molar-refractivity contribution in [3.63, 3.8) is 0 Å². The molecular weight excluding hydrogens is 309 g/mol. The minimum Gasteiger partial charge on any atom is -0.481 e. The zero-order valence-corrected chi connectivity index (χ0v) is 12.6. The van der Waals surface area contributed by atoms with Crippen molar-refractivity contribution in [2.24, 2.45) is 5.41 Å². The maximum Gasteiger partial charge on any atom is 0.311 e. The van der Waals surface area contributed by atoms with Crippen molar-refractivity contribution in [2.75, 3.05) is 0 Å². The van der Waals surface area contributed by atoms with E-state index in [1.165, 1.54) is 16.8 Å². The van der Waals surface area contributed by atoms with Crippen molar-refractivity contribution in [2.45, 2.75) is 32.2 Å². The molecule has 5 nitrogen and oxygen atoms in total. The van der Waals surface area contributed by atoms with Gasteiger partial charge < -0.3 is 5.11 Å². The molecule has 1 fully saturated rings. The lowest BCUT2D eigenvalue weighted by Gasteiger charge is -2.22. The molecule has 1 N–H and O–H groups in total. The molecule has 116 valence electrons. The largest absolute Gasteiger partial charge is 0.481 e. The summed E-state index contributed by atoms with van der Waals surface area (Å²) in [6.45, 7) is 0.283. The summed E-state index contributed by atoms with van der Waals surface area (Å²) in [5.74, 6) is -1.31. The van der Waals surface area contributed by atoms with E-state index < -0.39 is 17.2 Å². The van der Waals surface area contributed by atoms with Crippen LogP contribution in [-0.4, -0.2) is 26.1 Å². The molecule has 0 aliphatic heterocycles. The Morgan fingerprint density at radius 1 is 1.41 bits per heavy atom. The Bertz CT molecular complexity index is 711. The highest BCUT2D eigenvalue weighted by Crippen LogP contribution is 2.39. The molecule has 0 radical (unpaired) electrons. The molecule has 0 saturated heterocycles. The Kier molecular flexibility index (Phi) is 3.87. The Labute approximate surface area is 131 Å². The summed E-state index contributed by atoms with van der Waals surface area (Å²) < 4.78 is 15.0. The Hall–Kier alpha value is -1.95. The van der Waals surface area contributed by atoms with Gasteiger partial charge in [-0.3, -0.25) is 9.48 Å². The van der Waals surface area contributed by atoms with E-state index in [1.54, 1.807) is 12.3 Å². The van der Waals surface area contributed by atoms with Crippen molar-refractivity contribution in [1.29, 1.82) is 0 Å². The van der Waals surface area contributed by atoms with Gasteiger partial charge in [0.1, 0.15) is 11.5 Å². The first kappa shape index (κ1) is 15.0. The highest BCUT2D eigenvalue weighted by molar-refractivity contribution is 6.30. The van der Waals surface area contributed by atoms with Crippen LogP contribution in [0.25, 0.3) is 11.3 Å². The minimum atomic E-state index is -0.792. The monoisotopic (exact) mass is 323 g/mol. The average molecular weight is 324 g/mol. The van der Waals surface area contributed by atoms with E-state index in [4.69, 9.17) is 11.6 Å². The van der Waals surface area contributed by atoms with Gasteiger partial charge in [0.25, 0.3) is 0 Å². The molecule has 0 unspecified atom stereocenters. The molecular formula is C15H15ClFN3O2. The van der Waals surface area contributed by atoms with Crippen LogP contribution in [-0.2, 0) is 11.3 Å². The third kappa shape index (κ3) is 2.70. The fourth-order valence-corrected chi connectivity index (χ4v) is 3.08. The second-order valence-corrected chi connectivity index (χ2v) is 6.13. The van der Waals surface area contributed by atoms with Gasteiger partial charge in [-0.05, 0) is 25.0 Å². The fraction of sp³-hybridized carbons (Fsp3) is 0.400.